The van der Waals surface area contributed by atoms with Crippen molar-refractivity contribution < 1.29 is 23.0 Å². The molecule has 1 aromatic heterocycles. The van der Waals surface area contributed by atoms with E-state index in [1.807, 2.05) is 0 Å². The van der Waals surface area contributed by atoms with E-state index in [-0.39, 0.29) is 29.5 Å². The molecule has 2 aromatic rings. The maximum Gasteiger partial charge on any atom is 0.421 e. The van der Waals surface area contributed by atoms with Crippen LogP contribution in [0, 0.1) is 10.8 Å². The molecule has 30 heavy (non-hydrogen) atoms. The summed E-state index contributed by atoms with van der Waals surface area (Å²) >= 11 is 0. The molecule has 0 amide bonds. The molecule has 0 fully saturated rings. The van der Waals surface area contributed by atoms with E-state index in [2.05, 4.69) is 15.3 Å². The summed E-state index contributed by atoms with van der Waals surface area (Å²) in [7, 11) is 0. The van der Waals surface area contributed by atoms with Crippen LogP contribution in [0.25, 0.3) is 5.57 Å². The van der Waals surface area contributed by atoms with Crippen LogP contribution < -0.4 is 10.1 Å². The van der Waals surface area contributed by atoms with Crippen molar-refractivity contribution in [3.63, 3.8) is 0 Å². The number of benzene rings is 1. The van der Waals surface area contributed by atoms with Crippen molar-refractivity contribution >= 4 is 23.0 Å². The van der Waals surface area contributed by atoms with Gasteiger partial charge in [-0.1, -0.05) is 24.3 Å². The number of aliphatic hydroxyl groups is 1. The molecule has 4 N–H and O–H groups in total. The zero-order chi connectivity index (χ0) is 22.3. The Morgan fingerprint density at radius 3 is 2.37 bits per heavy atom. The largest absolute Gasteiger partial charge is 0.433 e. The maximum atomic E-state index is 13.0. The summed E-state index contributed by atoms with van der Waals surface area (Å²) in [5, 5.41) is 28.6. The molecule has 10 heteroatoms. The van der Waals surface area contributed by atoms with Gasteiger partial charge in [0.15, 0.2) is 17.2 Å². The summed E-state index contributed by atoms with van der Waals surface area (Å²) in [5.41, 5.74) is -0.872. The number of hydrogen-bond donors (Lipinski definition) is 4. The standard InChI is InChI=1S/C20H20F3N5O2/c1-10(11(2)24)14-15-16(30-17(14)25)18(28-9-27-15)26-8-12-4-6-13(7-5-12)19(3,29)20(21,22)23/h4-7,9,24-25,29H,8H2,1-3H3,(H,26,27,28)/b14-10-,24-11?,25-17?. The van der Waals surface area contributed by atoms with Crippen LogP contribution >= 0.6 is 0 Å². The van der Waals surface area contributed by atoms with Crippen LogP contribution in [0.2, 0.25) is 0 Å². The third-order valence-electron chi connectivity index (χ3n) is 4.94. The third-order valence-corrected chi connectivity index (χ3v) is 4.94. The van der Waals surface area contributed by atoms with Crippen molar-refractivity contribution in [1.29, 1.82) is 10.8 Å². The van der Waals surface area contributed by atoms with E-state index in [1.54, 1.807) is 13.8 Å². The fourth-order valence-electron chi connectivity index (χ4n) is 2.87. The molecule has 0 spiro atoms. The number of fused-ring (bicyclic) bond motifs is 1. The van der Waals surface area contributed by atoms with Gasteiger partial charge in [-0.05, 0) is 37.5 Å². The predicted octanol–water partition coefficient (Wildman–Crippen LogP) is 4.04. The van der Waals surface area contributed by atoms with E-state index in [9.17, 15) is 18.3 Å². The average Bonchev–Trinajstić information content (AvgIpc) is 3.01. The predicted molar refractivity (Wildman–Crippen MR) is 106 cm³/mol. The Balaban J connectivity index is 1.81. The van der Waals surface area contributed by atoms with E-state index in [1.165, 1.54) is 30.6 Å². The van der Waals surface area contributed by atoms with Crippen molar-refractivity contribution in [2.75, 3.05) is 5.32 Å². The average molecular weight is 419 g/mol. The Kier molecular flexibility index (Phi) is 5.38. The lowest BCUT2D eigenvalue weighted by Crippen LogP contribution is -2.39. The van der Waals surface area contributed by atoms with E-state index in [0.717, 1.165) is 0 Å². The summed E-state index contributed by atoms with van der Waals surface area (Å²) in [6.45, 7) is 4.24. The summed E-state index contributed by atoms with van der Waals surface area (Å²) in [6, 6.07) is 5.39. The number of nitrogens with zero attached hydrogens (tertiary/aromatic N) is 2. The molecule has 0 radical (unpaired) electrons. The van der Waals surface area contributed by atoms with E-state index in [4.69, 9.17) is 15.6 Å². The molecule has 2 heterocycles. The van der Waals surface area contributed by atoms with E-state index < -0.39 is 11.8 Å². The number of rotatable bonds is 5. The maximum absolute atomic E-state index is 13.0. The molecule has 1 atom stereocenters. The number of halogens is 3. The van der Waals surface area contributed by atoms with Crippen LogP contribution in [0.5, 0.6) is 5.75 Å². The van der Waals surface area contributed by atoms with Crippen molar-refractivity contribution in [2.45, 2.75) is 39.1 Å². The molecular formula is C20H20F3N5O2. The highest BCUT2D eigenvalue weighted by Gasteiger charge is 2.51. The second-order valence-corrected chi connectivity index (χ2v) is 7.08. The smallest absolute Gasteiger partial charge is 0.421 e. The molecule has 7 nitrogen and oxygen atoms in total. The minimum atomic E-state index is -4.78. The highest BCUT2D eigenvalue weighted by molar-refractivity contribution is 6.28. The number of anilines is 1. The van der Waals surface area contributed by atoms with Crippen LogP contribution in [-0.4, -0.2) is 32.9 Å². The van der Waals surface area contributed by atoms with Crippen LogP contribution in [0.4, 0.5) is 19.0 Å². The van der Waals surface area contributed by atoms with Crippen LogP contribution in [-0.2, 0) is 12.1 Å². The van der Waals surface area contributed by atoms with Gasteiger partial charge in [-0.25, -0.2) is 9.97 Å². The third kappa shape index (κ3) is 3.78. The fourth-order valence-corrected chi connectivity index (χ4v) is 2.87. The van der Waals surface area contributed by atoms with Gasteiger partial charge in [-0.2, -0.15) is 13.2 Å². The Morgan fingerprint density at radius 1 is 1.17 bits per heavy atom. The number of ether oxygens (including phenoxy) is 1. The van der Waals surface area contributed by atoms with Crippen LogP contribution in [0.15, 0.2) is 36.2 Å². The number of allylic oxidation sites excluding steroid dienone is 1. The topological polar surface area (TPSA) is 115 Å². The fraction of sp³-hybridized carbons (Fsp3) is 0.300. The monoisotopic (exact) mass is 419 g/mol. The first-order valence-corrected chi connectivity index (χ1v) is 8.94. The van der Waals surface area contributed by atoms with Gasteiger partial charge < -0.3 is 20.6 Å². The number of alkyl halides is 3. The van der Waals surface area contributed by atoms with Gasteiger partial charge in [0.1, 0.15) is 12.0 Å². The van der Waals surface area contributed by atoms with Crippen molar-refractivity contribution in [2.24, 2.45) is 0 Å². The molecule has 3 rings (SSSR count). The first-order chi connectivity index (χ1) is 13.9. The van der Waals surface area contributed by atoms with Crippen molar-refractivity contribution in [3.05, 3.63) is 53.0 Å². The van der Waals surface area contributed by atoms with Crippen LogP contribution in [0.1, 0.15) is 37.6 Å². The molecule has 1 aliphatic rings. The summed E-state index contributed by atoms with van der Waals surface area (Å²) < 4.78 is 44.4. The second kappa shape index (κ2) is 7.52. The zero-order valence-corrected chi connectivity index (χ0v) is 16.5. The SMILES string of the molecule is CC(=N)/C(C)=C1\C(=N)Oc2c(NCc3ccc(C(C)(O)C(F)(F)F)cc3)ncnc21. The minimum absolute atomic E-state index is 0.128. The molecule has 1 unspecified atom stereocenters. The zero-order valence-electron chi connectivity index (χ0n) is 16.5. The van der Waals surface area contributed by atoms with Crippen LogP contribution in [0.3, 0.4) is 0 Å². The molecule has 158 valence electrons. The quantitative estimate of drug-likeness (QED) is 0.546. The number of aromatic nitrogens is 2. The Labute approximate surface area is 170 Å². The number of nitrogens with one attached hydrogen (secondary N) is 3. The lowest BCUT2D eigenvalue weighted by molar-refractivity contribution is -0.258. The van der Waals surface area contributed by atoms with E-state index in [0.29, 0.717) is 35.1 Å². The lowest BCUT2D eigenvalue weighted by atomic mass is 9.94. The van der Waals surface area contributed by atoms with Gasteiger partial charge in [0, 0.05) is 12.3 Å². The molecule has 0 saturated carbocycles. The van der Waals surface area contributed by atoms with Gasteiger partial charge in [0.05, 0.1) is 5.57 Å². The van der Waals surface area contributed by atoms with Crippen molar-refractivity contribution in [3.8, 4) is 5.75 Å². The van der Waals surface area contributed by atoms with Gasteiger partial charge in [0.25, 0.3) is 0 Å². The molecule has 1 aliphatic heterocycles. The first kappa shape index (κ1) is 21.4. The molecule has 0 aliphatic carbocycles. The Bertz CT molecular complexity index is 1040. The Morgan fingerprint density at radius 2 is 1.80 bits per heavy atom. The molecule has 0 bridgehead atoms. The number of hydrogen-bond acceptors (Lipinski definition) is 7. The summed E-state index contributed by atoms with van der Waals surface area (Å²) in [4.78, 5) is 8.28. The normalized spacial score (nSPS) is 17.1. The molecular weight excluding hydrogens is 399 g/mol. The van der Waals surface area contributed by atoms with Gasteiger partial charge in [-0.15, -0.1) is 0 Å². The lowest BCUT2D eigenvalue weighted by Gasteiger charge is -2.26. The summed E-state index contributed by atoms with van der Waals surface area (Å²) in [5.74, 6) is 0.452. The highest BCUT2D eigenvalue weighted by atomic mass is 19.4. The minimum Gasteiger partial charge on any atom is -0.433 e. The molecule has 0 saturated heterocycles. The van der Waals surface area contributed by atoms with Gasteiger partial charge in [0.2, 0.25) is 5.90 Å². The van der Waals surface area contributed by atoms with Crippen molar-refractivity contribution in [1.82, 2.24) is 9.97 Å². The Hall–Kier alpha value is -3.27. The van der Waals surface area contributed by atoms with Gasteiger partial charge in [-0.3, -0.25) is 5.41 Å². The van der Waals surface area contributed by atoms with E-state index >= 15 is 0 Å². The summed E-state index contributed by atoms with van der Waals surface area (Å²) in [6.07, 6.45) is -3.48. The van der Waals surface area contributed by atoms with Gasteiger partial charge >= 0.3 is 6.18 Å². The molecule has 1 aromatic carbocycles. The first-order valence-electron chi connectivity index (χ1n) is 8.94. The second-order valence-electron chi connectivity index (χ2n) is 7.08. The highest BCUT2D eigenvalue weighted by Crippen LogP contribution is 2.40.